The lowest BCUT2D eigenvalue weighted by Gasteiger charge is -2.44. The molecule has 0 spiro atoms. The average Bonchev–Trinajstić information content (AvgIpc) is 2.91. The van der Waals surface area contributed by atoms with Gasteiger partial charge in [0.1, 0.15) is 0 Å². The van der Waals surface area contributed by atoms with Crippen molar-refractivity contribution in [1.82, 2.24) is 4.90 Å². The van der Waals surface area contributed by atoms with Gasteiger partial charge in [-0.3, -0.25) is 9.59 Å². The van der Waals surface area contributed by atoms with Crippen molar-refractivity contribution in [1.29, 1.82) is 0 Å². The molecule has 0 heterocycles. The molecule has 0 bridgehead atoms. The molecular formula is C15H23NO3. The predicted octanol–water partition coefficient (Wildman–Crippen LogP) is 2.59. The van der Waals surface area contributed by atoms with Crippen LogP contribution in [0.3, 0.4) is 0 Å². The number of rotatable bonds is 4. The minimum atomic E-state index is -0.800. The molecule has 19 heavy (non-hydrogen) atoms. The van der Waals surface area contributed by atoms with Crippen LogP contribution in [0, 0.1) is 5.92 Å². The van der Waals surface area contributed by atoms with Gasteiger partial charge in [0.15, 0.2) is 0 Å². The van der Waals surface area contributed by atoms with Crippen molar-refractivity contribution in [3.8, 4) is 0 Å². The van der Waals surface area contributed by atoms with Crippen LogP contribution >= 0.6 is 0 Å². The van der Waals surface area contributed by atoms with E-state index in [1.54, 1.807) is 11.9 Å². The van der Waals surface area contributed by atoms with Gasteiger partial charge in [-0.15, -0.1) is 0 Å². The van der Waals surface area contributed by atoms with Gasteiger partial charge in [-0.25, -0.2) is 0 Å². The normalized spacial score (nSPS) is 22.4. The summed E-state index contributed by atoms with van der Waals surface area (Å²) in [5, 5.41) is 9.18. The number of allylic oxidation sites excluding steroid dienone is 2. The monoisotopic (exact) mass is 265 g/mol. The SMILES string of the molecule is CN(C(=O)C1CC=CC1)C1(CC(=O)O)CCCCC1. The van der Waals surface area contributed by atoms with Crippen LogP contribution in [-0.4, -0.2) is 34.5 Å². The molecule has 4 heteroatoms. The third-order valence-electron chi connectivity index (χ3n) is 4.66. The number of carbonyl (C=O) groups is 2. The number of amides is 1. The summed E-state index contributed by atoms with van der Waals surface area (Å²) in [6, 6.07) is 0. The summed E-state index contributed by atoms with van der Waals surface area (Å²) in [6.07, 6.45) is 10.6. The van der Waals surface area contributed by atoms with Crippen molar-refractivity contribution in [3.63, 3.8) is 0 Å². The molecule has 1 saturated carbocycles. The van der Waals surface area contributed by atoms with E-state index in [-0.39, 0.29) is 18.2 Å². The molecule has 2 aliphatic rings. The van der Waals surface area contributed by atoms with Gasteiger partial charge < -0.3 is 10.0 Å². The Kier molecular flexibility index (Phi) is 4.27. The quantitative estimate of drug-likeness (QED) is 0.795. The fraction of sp³-hybridized carbons (Fsp3) is 0.733. The Balaban J connectivity index is 2.12. The van der Waals surface area contributed by atoms with E-state index in [9.17, 15) is 14.7 Å². The molecule has 1 N–H and O–H groups in total. The largest absolute Gasteiger partial charge is 0.481 e. The third-order valence-corrected chi connectivity index (χ3v) is 4.66. The van der Waals surface area contributed by atoms with Crippen LogP contribution in [0.2, 0.25) is 0 Å². The number of carboxylic acids is 1. The van der Waals surface area contributed by atoms with Crippen LogP contribution in [0.1, 0.15) is 51.4 Å². The van der Waals surface area contributed by atoms with Crippen molar-refractivity contribution < 1.29 is 14.7 Å². The molecule has 0 radical (unpaired) electrons. The van der Waals surface area contributed by atoms with Gasteiger partial charge in [0.05, 0.1) is 12.0 Å². The van der Waals surface area contributed by atoms with Crippen molar-refractivity contribution in [2.45, 2.75) is 56.9 Å². The van der Waals surface area contributed by atoms with Gasteiger partial charge in [-0.05, 0) is 25.7 Å². The Bertz CT molecular complexity index is 375. The number of carbonyl (C=O) groups excluding carboxylic acids is 1. The van der Waals surface area contributed by atoms with Gasteiger partial charge in [0, 0.05) is 13.0 Å². The Morgan fingerprint density at radius 1 is 1.21 bits per heavy atom. The van der Waals surface area contributed by atoms with E-state index in [0.29, 0.717) is 0 Å². The van der Waals surface area contributed by atoms with Crippen LogP contribution in [-0.2, 0) is 9.59 Å². The maximum Gasteiger partial charge on any atom is 0.305 e. The first-order valence-corrected chi connectivity index (χ1v) is 7.20. The van der Waals surface area contributed by atoms with Gasteiger partial charge in [0.25, 0.3) is 0 Å². The second-order valence-corrected chi connectivity index (χ2v) is 5.89. The minimum absolute atomic E-state index is 0.0256. The van der Waals surface area contributed by atoms with Gasteiger partial charge in [-0.1, -0.05) is 31.4 Å². The van der Waals surface area contributed by atoms with Crippen molar-refractivity contribution in [2.24, 2.45) is 5.92 Å². The van der Waals surface area contributed by atoms with Crippen LogP contribution in [0.5, 0.6) is 0 Å². The summed E-state index contributed by atoms with van der Waals surface area (Å²) in [4.78, 5) is 25.5. The smallest absolute Gasteiger partial charge is 0.305 e. The van der Waals surface area contributed by atoms with Gasteiger partial charge >= 0.3 is 5.97 Å². The molecule has 0 aromatic heterocycles. The van der Waals surface area contributed by atoms with Crippen LogP contribution in [0.15, 0.2) is 12.2 Å². The van der Waals surface area contributed by atoms with E-state index in [4.69, 9.17) is 0 Å². The highest BCUT2D eigenvalue weighted by Crippen LogP contribution is 2.37. The lowest BCUT2D eigenvalue weighted by Crippen LogP contribution is -2.53. The number of hydrogen-bond donors (Lipinski definition) is 1. The van der Waals surface area contributed by atoms with E-state index in [1.807, 2.05) is 12.2 Å². The first-order valence-electron chi connectivity index (χ1n) is 7.20. The van der Waals surface area contributed by atoms with Crippen LogP contribution < -0.4 is 0 Å². The van der Waals surface area contributed by atoms with Gasteiger partial charge in [0.2, 0.25) is 5.91 Å². The second-order valence-electron chi connectivity index (χ2n) is 5.89. The summed E-state index contributed by atoms with van der Waals surface area (Å²) < 4.78 is 0. The highest BCUT2D eigenvalue weighted by Gasteiger charge is 2.41. The molecule has 0 aromatic carbocycles. The zero-order valence-corrected chi connectivity index (χ0v) is 11.6. The number of aliphatic carboxylic acids is 1. The number of carboxylic acid groups (broad SMARTS) is 1. The summed E-state index contributed by atoms with van der Waals surface area (Å²) in [5.74, 6) is -0.656. The predicted molar refractivity (Wildman–Crippen MR) is 72.7 cm³/mol. The lowest BCUT2D eigenvalue weighted by atomic mass is 9.77. The number of hydrogen-bond acceptors (Lipinski definition) is 2. The molecule has 2 rings (SSSR count). The molecule has 0 aliphatic heterocycles. The van der Waals surface area contributed by atoms with E-state index in [0.717, 1.165) is 44.9 Å². The standard InChI is InChI=1S/C15H23NO3/c1-16(14(19)12-7-3-4-8-12)15(11-13(17)18)9-5-2-6-10-15/h3-4,12H,2,5-11H2,1H3,(H,17,18). The highest BCUT2D eigenvalue weighted by atomic mass is 16.4. The molecule has 0 atom stereocenters. The Morgan fingerprint density at radius 2 is 1.79 bits per heavy atom. The molecule has 1 fully saturated rings. The van der Waals surface area contributed by atoms with Crippen LogP contribution in [0.4, 0.5) is 0 Å². The second kappa shape index (κ2) is 5.76. The zero-order valence-electron chi connectivity index (χ0n) is 11.6. The van der Waals surface area contributed by atoms with Crippen molar-refractivity contribution in [2.75, 3.05) is 7.05 Å². The fourth-order valence-corrected chi connectivity index (χ4v) is 3.45. The molecular weight excluding hydrogens is 242 g/mol. The summed E-state index contributed by atoms with van der Waals surface area (Å²) in [7, 11) is 1.80. The first-order chi connectivity index (χ1) is 9.05. The molecule has 0 aromatic rings. The fourth-order valence-electron chi connectivity index (χ4n) is 3.45. The Hall–Kier alpha value is -1.32. The van der Waals surface area contributed by atoms with E-state index in [2.05, 4.69) is 0 Å². The van der Waals surface area contributed by atoms with Crippen molar-refractivity contribution >= 4 is 11.9 Å². The maximum absolute atomic E-state index is 12.5. The Morgan fingerprint density at radius 3 is 2.32 bits per heavy atom. The van der Waals surface area contributed by atoms with E-state index < -0.39 is 11.5 Å². The molecule has 2 aliphatic carbocycles. The van der Waals surface area contributed by atoms with Crippen LogP contribution in [0.25, 0.3) is 0 Å². The molecule has 4 nitrogen and oxygen atoms in total. The minimum Gasteiger partial charge on any atom is -0.481 e. The molecule has 0 unspecified atom stereocenters. The third kappa shape index (κ3) is 2.99. The first kappa shape index (κ1) is 14.1. The summed E-state index contributed by atoms with van der Waals surface area (Å²) >= 11 is 0. The zero-order chi connectivity index (χ0) is 13.9. The topological polar surface area (TPSA) is 57.6 Å². The Labute approximate surface area is 114 Å². The summed E-state index contributed by atoms with van der Waals surface area (Å²) in [6.45, 7) is 0. The highest BCUT2D eigenvalue weighted by molar-refractivity contribution is 5.81. The average molecular weight is 265 g/mol. The molecule has 1 amide bonds. The van der Waals surface area contributed by atoms with E-state index >= 15 is 0 Å². The summed E-state index contributed by atoms with van der Waals surface area (Å²) in [5.41, 5.74) is -0.455. The van der Waals surface area contributed by atoms with Crippen molar-refractivity contribution in [3.05, 3.63) is 12.2 Å². The lowest BCUT2D eigenvalue weighted by molar-refractivity contribution is -0.148. The van der Waals surface area contributed by atoms with Gasteiger partial charge in [-0.2, -0.15) is 0 Å². The molecule has 106 valence electrons. The maximum atomic E-state index is 12.5. The number of nitrogens with zero attached hydrogens (tertiary/aromatic N) is 1. The van der Waals surface area contributed by atoms with E-state index in [1.165, 1.54) is 0 Å². The molecule has 0 saturated heterocycles.